The Bertz CT molecular complexity index is 455. The lowest BCUT2D eigenvalue weighted by Crippen LogP contribution is -2.35. The van der Waals surface area contributed by atoms with E-state index in [0.717, 1.165) is 0 Å². The van der Waals surface area contributed by atoms with E-state index in [4.69, 9.17) is 12.2 Å². The minimum absolute atomic E-state index is 0.0993. The Balaban J connectivity index is 2.32. The number of carbonyl (C=O) groups excluding carboxylic acids is 1. The van der Waals surface area contributed by atoms with Crippen molar-refractivity contribution >= 4 is 40.7 Å². The molecule has 1 aromatic carbocycles. The van der Waals surface area contributed by atoms with Crippen molar-refractivity contribution in [1.29, 1.82) is 0 Å². The first-order valence-electron chi connectivity index (χ1n) is 5.81. The number of thioether (sulfide) groups is 1. The highest BCUT2D eigenvalue weighted by Gasteiger charge is 2.05. The number of rotatable bonds is 6. The summed E-state index contributed by atoms with van der Waals surface area (Å²) in [5, 5.41) is 8.87. The largest absolute Gasteiger partial charge is 0.361 e. The number of hydrogen-bond acceptors (Lipinski definition) is 3. The fourth-order valence-electron chi connectivity index (χ4n) is 1.31. The summed E-state index contributed by atoms with van der Waals surface area (Å²) in [5.74, 6) is -2.52. The van der Waals surface area contributed by atoms with Crippen LogP contribution in [0, 0.1) is 0 Å². The van der Waals surface area contributed by atoms with Crippen LogP contribution in [0.1, 0.15) is 6.92 Å². The molecule has 0 unspecified atom stereocenters. The van der Waals surface area contributed by atoms with Gasteiger partial charge < -0.3 is 16.0 Å². The van der Waals surface area contributed by atoms with E-state index in [-0.39, 0.29) is 5.91 Å². The number of halogens is 2. The van der Waals surface area contributed by atoms with Gasteiger partial charge in [0.25, 0.3) is 5.76 Å². The predicted molar refractivity (Wildman–Crippen MR) is 81.2 cm³/mol. The maximum atomic E-state index is 12.1. The highest BCUT2D eigenvalue weighted by molar-refractivity contribution is 7.99. The molecule has 4 nitrogen and oxygen atoms in total. The number of carbonyl (C=O) groups is 1. The molecule has 0 saturated heterocycles. The molecule has 0 radical (unpaired) electrons. The Morgan fingerprint density at radius 3 is 2.40 bits per heavy atom. The third kappa shape index (κ3) is 7.25. The highest BCUT2D eigenvalue weighted by atomic mass is 32.2. The number of hydrogen-bond donors (Lipinski definition) is 3. The molecule has 0 aliphatic rings. The van der Waals surface area contributed by atoms with Crippen LogP contribution in [0.5, 0.6) is 0 Å². The van der Waals surface area contributed by atoms with Crippen molar-refractivity contribution in [3.63, 3.8) is 0 Å². The van der Waals surface area contributed by atoms with Crippen LogP contribution in [0.4, 0.5) is 14.5 Å². The number of thiocarbonyl (C=S) groups is 1. The molecule has 0 aliphatic heterocycles. The number of amides is 1. The summed E-state index contributed by atoms with van der Waals surface area (Å²) < 4.78 is 24.3. The third-order valence-electron chi connectivity index (χ3n) is 2.12. The van der Waals surface area contributed by atoms with Crippen molar-refractivity contribution < 1.29 is 13.6 Å². The van der Waals surface area contributed by atoms with Crippen LogP contribution in [0.3, 0.4) is 0 Å². The standard InChI is InChI=1S/C12H15F2N3OS2/c1-8(18)15-6-7-16-12(19)17-9-2-4-10(5-3-9)20-11(13)14/h2-5,11H,6-7H2,1H3,(H,15,18)(H2,16,17,19). The van der Waals surface area contributed by atoms with Crippen LogP contribution >= 0.6 is 24.0 Å². The molecule has 1 amide bonds. The van der Waals surface area contributed by atoms with Gasteiger partial charge in [-0.25, -0.2) is 0 Å². The second kappa shape index (κ2) is 8.70. The molecule has 1 rings (SSSR count). The first-order chi connectivity index (χ1) is 9.47. The van der Waals surface area contributed by atoms with E-state index >= 15 is 0 Å². The molecule has 0 saturated carbocycles. The van der Waals surface area contributed by atoms with Crippen LogP contribution < -0.4 is 16.0 Å². The highest BCUT2D eigenvalue weighted by Crippen LogP contribution is 2.26. The molecule has 110 valence electrons. The smallest absolute Gasteiger partial charge is 0.288 e. The van der Waals surface area contributed by atoms with Crippen molar-refractivity contribution in [2.45, 2.75) is 17.6 Å². The molecule has 0 aliphatic carbocycles. The molecule has 0 fully saturated rings. The van der Waals surface area contributed by atoms with E-state index in [1.165, 1.54) is 6.92 Å². The summed E-state index contributed by atoms with van der Waals surface area (Å²) in [7, 11) is 0. The lowest BCUT2D eigenvalue weighted by Gasteiger charge is -2.11. The Labute approximate surface area is 125 Å². The number of anilines is 1. The SMILES string of the molecule is CC(=O)NCCNC(=S)Nc1ccc(SC(F)F)cc1. The van der Waals surface area contributed by atoms with Crippen LogP contribution in [0.15, 0.2) is 29.2 Å². The van der Waals surface area contributed by atoms with Crippen molar-refractivity contribution in [1.82, 2.24) is 10.6 Å². The molecule has 8 heteroatoms. The minimum Gasteiger partial charge on any atom is -0.361 e. The van der Waals surface area contributed by atoms with Gasteiger partial charge >= 0.3 is 0 Å². The molecule has 1 aromatic rings. The van der Waals surface area contributed by atoms with Gasteiger partial charge in [-0.2, -0.15) is 8.78 Å². The maximum Gasteiger partial charge on any atom is 0.288 e. The predicted octanol–water partition coefficient (Wildman–Crippen LogP) is 2.42. The average Bonchev–Trinajstić information content (AvgIpc) is 2.36. The van der Waals surface area contributed by atoms with Gasteiger partial charge in [0.1, 0.15) is 0 Å². The molecular formula is C12H15F2N3OS2. The topological polar surface area (TPSA) is 53.2 Å². The van der Waals surface area contributed by atoms with Gasteiger partial charge in [0, 0.05) is 30.6 Å². The van der Waals surface area contributed by atoms with Gasteiger partial charge in [-0.15, -0.1) is 0 Å². The van der Waals surface area contributed by atoms with E-state index in [9.17, 15) is 13.6 Å². The molecule has 0 spiro atoms. The zero-order chi connectivity index (χ0) is 15.0. The molecule has 0 bridgehead atoms. The monoisotopic (exact) mass is 319 g/mol. The summed E-state index contributed by atoms with van der Waals surface area (Å²) in [6, 6.07) is 6.54. The molecule has 0 aromatic heterocycles. The van der Waals surface area contributed by atoms with Gasteiger partial charge in [-0.1, -0.05) is 11.8 Å². The molecule has 3 N–H and O–H groups in total. The van der Waals surface area contributed by atoms with Crippen LogP contribution in [-0.2, 0) is 4.79 Å². The summed E-state index contributed by atoms with van der Waals surface area (Å²) in [5.41, 5.74) is 0.709. The summed E-state index contributed by atoms with van der Waals surface area (Å²) in [6.07, 6.45) is 0. The van der Waals surface area contributed by atoms with Gasteiger partial charge in [-0.05, 0) is 36.5 Å². The molecular weight excluding hydrogens is 304 g/mol. The Hall–Kier alpha value is -1.41. The fourth-order valence-corrected chi connectivity index (χ4v) is 2.03. The zero-order valence-electron chi connectivity index (χ0n) is 10.8. The summed E-state index contributed by atoms with van der Waals surface area (Å²) in [6.45, 7) is 2.42. The van der Waals surface area contributed by atoms with Gasteiger partial charge in [0.2, 0.25) is 5.91 Å². The van der Waals surface area contributed by atoms with E-state index < -0.39 is 5.76 Å². The van der Waals surface area contributed by atoms with Gasteiger partial charge in [0.15, 0.2) is 5.11 Å². The summed E-state index contributed by atoms with van der Waals surface area (Å²) in [4.78, 5) is 11.1. The molecule has 20 heavy (non-hydrogen) atoms. The average molecular weight is 319 g/mol. The second-order valence-corrected chi connectivity index (χ2v) is 5.24. The number of nitrogens with one attached hydrogen (secondary N) is 3. The lowest BCUT2D eigenvalue weighted by molar-refractivity contribution is -0.118. The van der Waals surface area contributed by atoms with Crippen LogP contribution in [0.25, 0.3) is 0 Å². The maximum absolute atomic E-state index is 12.1. The quantitative estimate of drug-likeness (QED) is 0.427. The number of alkyl halides is 2. The van der Waals surface area contributed by atoms with Gasteiger partial charge in [-0.3, -0.25) is 4.79 Å². The van der Waals surface area contributed by atoms with E-state index in [1.807, 2.05) is 0 Å². The van der Waals surface area contributed by atoms with Crippen LogP contribution in [-0.4, -0.2) is 29.9 Å². The summed E-state index contributed by atoms with van der Waals surface area (Å²) >= 11 is 5.55. The molecule has 0 atom stereocenters. The normalized spacial score (nSPS) is 10.2. The first kappa shape index (κ1) is 16.6. The van der Waals surface area contributed by atoms with Crippen LogP contribution in [0.2, 0.25) is 0 Å². The number of benzene rings is 1. The Kier molecular flexibility index (Phi) is 7.24. The first-order valence-corrected chi connectivity index (χ1v) is 7.10. The van der Waals surface area contributed by atoms with Crippen molar-refractivity contribution in [2.24, 2.45) is 0 Å². The van der Waals surface area contributed by atoms with Crippen molar-refractivity contribution in [2.75, 3.05) is 18.4 Å². The Morgan fingerprint density at radius 1 is 1.25 bits per heavy atom. The lowest BCUT2D eigenvalue weighted by atomic mass is 10.3. The fraction of sp³-hybridized carbons (Fsp3) is 0.333. The zero-order valence-corrected chi connectivity index (χ0v) is 12.4. The Morgan fingerprint density at radius 2 is 1.85 bits per heavy atom. The van der Waals surface area contributed by atoms with Crippen molar-refractivity contribution in [3.05, 3.63) is 24.3 Å². The van der Waals surface area contributed by atoms with Crippen molar-refractivity contribution in [3.8, 4) is 0 Å². The second-order valence-electron chi connectivity index (χ2n) is 3.77. The molecule has 0 heterocycles. The van der Waals surface area contributed by atoms with Gasteiger partial charge in [0.05, 0.1) is 0 Å². The van der Waals surface area contributed by atoms with E-state index in [1.54, 1.807) is 24.3 Å². The van der Waals surface area contributed by atoms with E-state index in [2.05, 4.69) is 16.0 Å². The van der Waals surface area contributed by atoms with E-state index in [0.29, 0.717) is 40.5 Å². The minimum atomic E-state index is -2.43. The third-order valence-corrected chi connectivity index (χ3v) is 3.09.